The van der Waals surface area contributed by atoms with Gasteiger partial charge >= 0.3 is 0 Å². The molecule has 0 aliphatic heterocycles. The monoisotopic (exact) mass is 138 g/mol. The maximum absolute atomic E-state index is 10.4. The van der Waals surface area contributed by atoms with Crippen molar-refractivity contribution in [1.29, 1.82) is 0 Å². The van der Waals surface area contributed by atoms with Crippen molar-refractivity contribution in [1.82, 2.24) is 4.72 Å². The number of hydrogen-bond donors (Lipinski definition) is 2. The number of nitrogens with one attached hydrogen (secondary N) is 1. The van der Waals surface area contributed by atoms with Crippen LogP contribution in [0.15, 0.2) is 0 Å². The highest BCUT2D eigenvalue weighted by molar-refractivity contribution is 7.89. The van der Waals surface area contributed by atoms with Gasteiger partial charge in [-0.1, -0.05) is 0 Å². The normalized spacial score (nSPS) is 11.8. The van der Waals surface area contributed by atoms with Crippen LogP contribution in [-0.2, 0) is 10.0 Å². The van der Waals surface area contributed by atoms with Crippen molar-refractivity contribution in [2.24, 2.45) is 5.73 Å². The van der Waals surface area contributed by atoms with E-state index in [-0.39, 0.29) is 12.4 Å². The van der Waals surface area contributed by atoms with Crippen LogP contribution in [0.1, 0.15) is 6.92 Å². The lowest BCUT2D eigenvalue weighted by molar-refractivity contribution is 0.584. The van der Waals surface area contributed by atoms with Gasteiger partial charge < -0.3 is 5.73 Å². The molecular weight excluding hydrogens is 128 g/mol. The summed E-state index contributed by atoms with van der Waals surface area (Å²) in [4.78, 5) is 0. The lowest BCUT2D eigenvalue weighted by atomic mass is 11.0. The fourth-order valence-corrected chi connectivity index (χ4v) is 0.687. The molecule has 0 amide bonds. The highest BCUT2D eigenvalue weighted by Gasteiger charge is 2.00. The lowest BCUT2D eigenvalue weighted by Crippen LogP contribution is -2.30. The minimum atomic E-state index is -3.04. The van der Waals surface area contributed by atoms with Crippen LogP contribution < -0.4 is 10.5 Å². The second-order valence-electron chi connectivity index (χ2n) is 1.25. The summed E-state index contributed by atoms with van der Waals surface area (Å²) in [7, 11) is -3.04. The van der Waals surface area contributed by atoms with E-state index in [9.17, 15) is 8.42 Å². The molecule has 0 radical (unpaired) electrons. The third-order valence-electron chi connectivity index (χ3n) is 0.683. The van der Waals surface area contributed by atoms with Gasteiger partial charge in [-0.05, 0) is 6.92 Å². The van der Waals surface area contributed by atoms with E-state index in [4.69, 9.17) is 5.73 Å². The number of rotatable bonds is 3. The number of sulfonamides is 1. The first-order valence-electron chi connectivity index (χ1n) is 2.30. The molecule has 0 aromatic heterocycles. The first kappa shape index (κ1) is 7.87. The molecule has 0 fully saturated rings. The zero-order valence-electron chi connectivity index (χ0n) is 4.72. The Labute approximate surface area is 49.1 Å². The van der Waals surface area contributed by atoms with Crippen LogP contribution in [0, 0.1) is 0 Å². The Morgan fingerprint density at radius 3 is 2.25 bits per heavy atom. The molecule has 50 valence electrons. The molecule has 4 nitrogen and oxygen atoms in total. The van der Waals surface area contributed by atoms with Gasteiger partial charge in [0, 0.05) is 0 Å². The molecule has 0 saturated carbocycles. The smallest absolute Gasteiger partial charge is 0.212 e. The highest BCUT2D eigenvalue weighted by atomic mass is 32.2. The summed E-state index contributed by atoms with van der Waals surface area (Å²) >= 11 is 0. The van der Waals surface area contributed by atoms with Crippen molar-refractivity contribution in [3.8, 4) is 0 Å². The Bertz CT molecular complexity index is 139. The number of nitrogens with two attached hydrogens (primary N) is 1. The van der Waals surface area contributed by atoms with Crippen LogP contribution in [0.25, 0.3) is 0 Å². The molecule has 0 aromatic rings. The topological polar surface area (TPSA) is 72.2 Å². The van der Waals surface area contributed by atoms with E-state index in [1.54, 1.807) is 6.92 Å². The fourth-order valence-electron chi connectivity index (χ4n) is 0.229. The molecule has 0 aromatic carbocycles. The van der Waals surface area contributed by atoms with E-state index in [0.717, 1.165) is 0 Å². The molecule has 0 unspecified atom stereocenters. The molecule has 0 saturated heterocycles. The predicted octanol–water partition coefficient (Wildman–Crippen LogP) is -1.16. The average Bonchev–Trinajstić information content (AvgIpc) is 1.67. The molecule has 5 heteroatoms. The quantitative estimate of drug-likeness (QED) is 0.483. The van der Waals surface area contributed by atoms with Gasteiger partial charge in [-0.15, -0.1) is 0 Å². The minimum Gasteiger partial charge on any atom is -0.318 e. The standard InChI is InChI=1S/C3H10N2O2S/c1-2-8(6,7)5-3-4/h5H,2-4H2,1H3. The van der Waals surface area contributed by atoms with Crippen LogP contribution >= 0.6 is 0 Å². The summed E-state index contributed by atoms with van der Waals surface area (Å²) in [6.45, 7) is 1.54. The Balaban J connectivity index is 3.76. The summed E-state index contributed by atoms with van der Waals surface area (Å²) in [5.41, 5.74) is 4.90. The molecule has 0 aliphatic carbocycles. The molecule has 8 heavy (non-hydrogen) atoms. The van der Waals surface area contributed by atoms with Crippen molar-refractivity contribution in [3.05, 3.63) is 0 Å². The third kappa shape index (κ3) is 2.95. The zero-order valence-corrected chi connectivity index (χ0v) is 5.53. The van der Waals surface area contributed by atoms with E-state index in [1.165, 1.54) is 0 Å². The molecule has 0 bridgehead atoms. The summed E-state index contributed by atoms with van der Waals surface area (Å²) in [5, 5.41) is 0. The van der Waals surface area contributed by atoms with E-state index >= 15 is 0 Å². The first-order chi connectivity index (χ1) is 3.62. The summed E-state index contributed by atoms with van der Waals surface area (Å²) < 4.78 is 22.9. The molecular formula is C3H10N2O2S. The van der Waals surface area contributed by atoms with Gasteiger partial charge in [-0.3, -0.25) is 0 Å². The molecule has 0 heterocycles. The minimum absolute atomic E-state index is 0.0177. The van der Waals surface area contributed by atoms with Crippen LogP contribution in [0.3, 0.4) is 0 Å². The van der Waals surface area contributed by atoms with Gasteiger partial charge in [0.05, 0.1) is 12.4 Å². The van der Waals surface area contributed by atoms with Crippen molar-refractivity contribution in [2.45, 2.75) is 6.92 Å². The van der Waals surface area contributed by atoms with E-state index < -0.39 is 10.0 Å². The predicted molar refractivity (Wildman–Crippen MR) is 31.7 cm³/mol. The van der Waals surface area contributed by atoms with Crippen LogP contribution in [0.2, 0.25) is 0 Å². The van der Waals surface area contributed by atoms with E-state index in [2.05, 4.69) is 4.72 Å². The Morgan fingerprint density at radius 1 is 1.62 bits per heavy atom. The highest BCUT2D eigenvalue weighted by Crippen LogP contribution is 1.76. The van der Waals surface area contributed by atoms with Gasteiger partial charge in [0.1, 0.15) is 0 Å². The second-order valence-corrected chi connectivity index (χ2v) is 3.35. The van der Waals surface area contributed by atoms with E-state index in [0.29, 0.717) is 0 Å². The van der Waals surface area contributed by atoms with Gasteiger partial charge in [-0.2, -0.15) is 0 Å². The van der Waals surface area contributed by atoms with Crippen LogP contribution in [-0.4, -0.2) is 20.8 Å². The van der Waals surface area contributed by atoms with Crippen molar-refractivity contribution >= 4 is 10.0 Å². The average molecular weight is 138 g/mol. The molecule has 0 spiro atoms. The van der Waals surface area contributed by atoms with Crippen LogP contribution in [0.4, 0.5) is 0 Å². The van der Waals surface area contributed by atoms with Crippen molar-refractivity contribution in [2.75, 3.05) is 12.4 Å². The van der Waals surface area contributed by atoms with Crippen molar-refractivity contribution in [3.63, 3.8) is 0 Å². The molecule has 0 aliphatic rings. The fraction of sp³-hybridized carbons (Fsp3) is 1.00. The first-order valence-corrected chi connectivity index (χ1v) is 3.95. The second kappa shape index (κ2) is 3.01. The number of hydrogen-bond acceptors (Lipinski definition) is 3. The van der Waals surface area contributed by atoms with E-state index in [1.807, 2.05) is 0 Å². The van der Waals surface area contributed by atoms with Crippen LogP contribution in [0.5, 0.6) is 0 Å². The van der Waals surface area contributed by atoms with Gasteiger partial charge in [0.15, 0.2) is 0 Å². The van der Waals surface area contributed by atoms with Gasteiger partial charge in [-0.25, -0.2) is 13.1 Å². The molecule has 3 N–H and O–H groups in total. The Kier molecular flexibility index (Phi) is 2.96. The van der Waals surface area contributed by atoms with Crippen molar-refractivity contribution < 1.29 is 8.42 Å². The lowest BCUT2D eigenvalue weighted by Gasteiger charge is -1.97. The summed E-state index contributed by atoms with van der Waals surface area (Å²) in [5.74, 6) is 0.0875. The summed E-state index contributed by atoms with van der Waals surface area (Å²) in [6, 6.07) is 0. The molecule has 0 rings (SSSR count). The summed E-state index contributed by atoms with van der Waals surface area (Å²) in [6.07, 6.45) is 0. The zero-order chi connectivity index (χ0) is 6.62. The maximum Gasteiger partial charge on any atom is 0.212 e. The maximum atomic E-state index is 10.4. The third-order valence-corrected chi connectivity index (χ3v) is 2.05. The van der Waals surface area contributed by atoms with Gasteiger partial charge in [0.25, 0.3) is 0 Å². The van der Waals surface area contributed by atoms with Gasteiger partial charge in [0.2, 0.25) is 10.0 Å². The SMILES string of the molecule is CCS(=O)(=O)NCN. The molecule has 0 atom stereocenters. The Hall–Kier alpha value is -0.130. The largest absolute Gasteiger partial charge is 0.318 e. The Morgan fingerprint density at radius 2 is 2.12 bits per heavy atom.